The fourth-order valence-electron chi connectivity index (χ4n) is 3.22. The summed E-state index contributed by atoms with van der Waals surface area (Å²) in [5.41, 5.74) is 1.71. The molecule has 0 aliphatic heterocycles. The molecule has 0 fully saturated rings. The third-order valence-electron chi connectivity index (χ3n) is 4.93. The lowest BCUT2D eigenvalue weighted by atomic mass is 9.77. The van der Waals surface area contributed by atoms with Gasteiger partial charge in [-0.25, -0.2) is 0 Å². The van der Waals surface area contributed by atoms with Gasteiger partial charge in [-0.1, -0.05) is 39.0 Å². The highest BCUT2D eigenvalue weighted by Crippen LogP contribution is 2.33. The first-order valence-corrected chi connectivity index (χ1v) is 9.39. The molecule has 0 aliphatic carbocycles. The zero-order valence-electron chi connectivity index (χ0n) is 17.8. The number of benzene rings is 1. The van der Waals surface area contributed by atoms with Crippen molar-refractivity contribution < 1.29 is 24.1 Å². The third kappa shape index (κ3) is 7.26. The molecule has 0 amide bonds. The Bertz CT molecular complexity index is 565. The van der Waals surface area contributed by atoms with Crippen LogP contribution in [0.4, 0.5) is 0 Å². The SMILES string of the molecule is C/C=C(\C)[C@H](O)[C@H](C)[C@H](OCOC)C(C)(C)COCc1ccc(OC)cc1. The first-order valence-electron chi connectivity index (χ1n) is 9.39. The van der Waals surface area contributed by atoms with E-state index in [1.165, 1.54) is 0 Å². The van der Waals surface area contributed by atoms with Gasteiger partial charge >= 0.3 is 0 Å². The van der Waals surface area contributed by atoms with E-state index < -0.39 is 6.10 Å². The number of rotatable bonds is 12. The number of hydrogen-bond acceptors (Lipinski definition) is 5. The lowest BCUT2D eigenvalue weighted by Gasteiger charge is -2.39. The fourth-order valence-corrected chi connectivity index (χ4v) is 3.22. The number of allylic oxidation sites excluding steroid dienone is 1. The smallest absolute Gasteiger partial charge is 0.146 e. The Balaban J connectivity index is 2.76. The predicted octanol–water partition coefficient (Wildman–Crippen LogP) is 4.19. The van der Waals surface area contributed by atoms with Crippen molar-refractivity contribution in [2.45, 2.75) is 53.4 Å². The quantitative estimate of drug-likeness (QED) is 0.435. The van der Waals surface area contributed by atoms with Crippen LogP contribution in [0.1, 0.15) is 40.2 Å². The summed E-state index contributed by atoms with van der Waals surface area (Å²) in [6, 6.07) is 7.83. The second-order valence-electron chi connectivity index (χ2n) is 7.66. The summed E-state index contributed by atoms with van der Waals surface area (Å²) in [5.74, 6) is 0.727. The van der Waals surface area contributed by atoms with E-state index in [-0.39, 0.29) is 24.2 Å². The molecule has 1 N–H and O–H groups in total. The minimum atomic E-state index is -0.572. The molecule has 0 saturated carbocycles. The monoisotopic (exact) mass is 380 g/mol. The molecule has 0 radical (unpaired) electrons. The van der Waals surface area contributed by atoms with Crippen LogP contribution in [-0.4, -0.2) is 44.9 Å². The second-order valence-corrected chi connectivity index (χ2v) is 7.66. The average molecular weight is 381 g/mol. The zero-order valence-corrected chi connectivity index (χ0v) is 17.8. The number of hydrogen-bond donors (Lipinski definition) is 1. The summed E-state index contributed by atoms with van der Waals surface area (Å²) in [4.78, 5) is 0. The third-order valence-corrected chi connectivity index (χ3v) is 4.93. The molecular weight excluding hydrogens is 344 g/mol. The standard InChI is InChI=1S/C22H36O5/c1-8-16(2)20(23)17(3)21(27-15-24-6)22(4,5)14-26-13-18-9-11-19(25-7)12-10-18/h8-12,17,20-21,23H,13-15H2,1-7H3/b16-8+/t17-,20-,21-/m0/s1. The molecule has 0 bridgehead atoms. The Labute approximate surface area is 164 Å². The van der Waals surface area contributed by atoms with Gasteiger partial charge in [0.1, 0.15) is 12.5 Å². The maximum absolute atomic E-state index is 10.6. The summed E-state index contributed by atoms with van der Waals surface area (Å²) in [7, 11) is 3.25. The molecule has 5 heteroatoms. The van der Waals surface area contributed by atoms with Gasteiger partial charge in [0.15, 0.2) is 0 Å². The van der Waals surface area contributed by atoms with E-state index in [1.807, 2.05) is 51.1 Å². The number of aliphatic hydroxyl groups excluding tert-OH is 1. The van der Waals surface area contributed by atoms with Crippen molar-refractivity contribution in [3.05, 3.63) is 41.5 Å². The van der Waals surface area contributed by atoms with E-state index >= 15 is 0 Å². The average Bonchev–Trinajstić information content (AvgIpc) is 2.67. The minimum absolute atomic E-state index is 0.101. The molecule has 1 aromatic rings. The Morgan fingerprint density at radius 3 is 2.33 bits per heavy atom. The van der Waals surface area contributed by atoms with Crippen molar-refractivity contribution in [2.24, 2.45) is 11.3 Å². The molecule has 5 nitrogen and oxygen atoms in total. The maximum atomic E-state index is 10.6. The van der Waals surface area contributed by atoms with E-state index in [4.69, 9.17) is 18.9 Å². The lowest BCUT2D eigenvalue weighted by molar-refractivity contribution is -0.158. The molecule has 0 unspecified atom stereocenters. The minimum Gasteiger partial charge on any atom is -0.497 e. The molecule has 0 saturated heterocycles. The Hall–Kier alpha value is -1.40. The Morgan fingerprint density at radius 2 is 1.81 bits per heavy atom. The van der Waals surface area contributed by atoms with Gasteiger partial charge in [-0.05, 0) is 37.1 Å². The van der Waals surface area contributed by atoms with Gasteiger partial charge in [-0.15, -0.1) is 0 Å². The number of aliphatic hydroxyl groups is 1. The fraction of sp³-hybridized carbons (Fsp3) is 0.636. The van der Waals surface area contributed by atoms with Crippen molar-refractivity contribution in [3.63, 3.8) is 0 Å². The number of methoxy groups -OCH3 is 2. The Morgan fingerprint density at radius 1 is 1.19 bits per heavy atom. The topological polar surface area (TPSA) is 57.2 Å². The maximum Gasteiger partial charge on any atom is 0.146 e. The molecule has 0 spiro atoms. The highest BCUT2D eigenvalue weighted by Gasteiger charge is 2.38. The van der Waals surface area contributed by atoms with Crippen molar-refractivity contribution in [1.82, 2.24) is 0 Å². The highest BCUT2D eigenvalue weighted by atomic mass is 16.7. The van der Waals surface area contributed by atoms with Gasteiger partial charge in [0, 0.05) is 18.4 Å². The summed E-state index contributed by atoms with van der Waals surface area (Å²) in [6.07, 6.45) is 1.14. The first kappa shape index (κ1) is 23.6. The van der Waals surface area contributed by atoms with Gasteiger partial charge in [0.05, 0.1) is 32.5 Å². The van der Waals surface area contributed by atoms with Crippen molar-refractivity contribution in [1.29, 1.82) is 0 Å². The zero-order chi connectivity index (χ0) is 20.4. The van der Waals surface area contributed by atoms with Crippen LogP contribution in [0.3, 0.4) is 0 Å². The molecule has 1 aromatic carbocycles. The first-order chi connectivity index (χ1) is 12.8. The number of ether oxygens (including phenoxy) is 4. The van der Waals surface area contributed by atoms with Crippen LogP contribution in [0.5, 0.6) is 5.75 Å². The van der Waals surface area contributed by atoms with Crippen LogP contribution in [0.2, 0.25) is 0 Å². The van der Waals surface area contributed by atoms with Crippen LogP contribution < -0.4 is 4.74 Å². The van der Waals surface area contributed by atoms with E-state index in [9.17, 15) is 5.11 Å². The molecule has 0 aromatic heterocycles. The van der Waals surface area contributed by atoms with Crippen LogP contribution in [0.25, 0.3) is 0 Å². The van der Waals surface area contributed by atoms with Gasteiger partial charge < -0.3 is 24.1 Å². The normalized spacial score (nSPS) is 16.1. The van der Waals surface area contributed by atoms with Crippen molar-refractivity contribution in [3.8, 4) is 5.75 Å². The largest absolute Gasteiger partial charge is 0.497 e. The molecular formula is C22H36O5. The van der Waals surface area contributed by atoms with Crippen LogP contribution in [0.15, 0.2) is 35.9 Å². The summed E-state index contributed by atoms with van der Waals surface area (Å²) >= 11 is 0. The van der Waals surface area contributed by atoms with Gasteiger partial charge in [0.2, 0.25) is 0 Å². The van der Waals surface area contributed by atoms with Gasteiger partial charge in [-0.2, -0.15) is 0 Å². The molecule has 3 atom stereocenters. The molecule has 154 valence electrons. The van der Waals surface area contributed by atoms with E-state index in [2.05, 4.69) is 13.8 Å². The predicted molar refractivity (Wildman–Crippen MR) is 108 cm³/mol. The second kappa shape index (κ2) is 11.4. The summed E-state index contributed by atoms with van der Waals surface area (Å²) < 4.78 is 22.2. The van der Waals surface area contributed by atoms with Crippen LogP contribution in [-0.2, 0) is 20.8 Å². The molecule has 1 rings (SSSR count). The van der Waals surface area contributed by atoms with Crippen LogP contribution >= 0.6 is 0 Å². The summed E-state index contributed by atoms with van der Waals surface area (Å²) in [5, 5.41) is 10.6. The van der Waals surface area contributed by atoms with E-state index in [0.717, 1.165) is 16.9 Å². The van der Waals surface area contributed by atoms with Crippen molar-refractivity contribution >= 4 is 0 Å². The van der Waals surface area contributed by atoms with E-state index in [1.54, 1.807) is 14.2 Å². The molecule has 27 heavy (non-hydrogen) atoms. The molecule has 0 aliphatic rings. The van der Waals surface area contributed by atoms with Crippen LogP contribution in [0, 0.1) is 11.3 Å². The highest BCUT2D eigenvalue weighted by molar-refractivity contribution is 5.26. The lowest BCUT2D eigenvalue weighted by Crippen LogP contribution is -2.45. The Kier molecular flexibility index (Phi) is 10.0. The molecule has 0 heterocycles. The summed E-state index contributed by atoms with van der Waals surface area (Å²) in [6.45, 7) is 11.2. The van der Waals surface area contributed by atoms with Gasteiger partial charge in [-0.3, -0.25) is 0 Å². The van der Waals surface area contributed by atoms with Crippen molar-refractivity contribution in [2.75, 3.05) is 27.6 Å². The van der Waals surface area contributed by atoms with E-state index in [0.29, 0.717) is 13.2 Å². The van der Waals surface area contributed by atoms with Gasteiger partial charge in [0.25, 0.3) is 0 Å².